The Hall–Kier alpha value is -2.20. The van der Waals surface area contributed by atoms with E-state index in [0.717, 1.165) is 29.8 Å². The first-order chi connectivity index (χ1) is 10.6. The largest absolute Gasteiger partial charge is 0.507 e. The molecule has 0 atom stereocenters. The molecule has 2 N–H and O–H groups in total. The van der Waals surface area contributed by atoms with Crippen molar-refractivity contribution >= 4 is 28.3 Å². The van der Waals surface area contributed by atoms with Crippen LogP contribution in [-0.4, -0.2) is 28.2 Å². The lowest BCUT2D eigenvalue weighted by Crippen LogP contribution is -2.21. The van der Waals surface area contributed by atoms with Gasteiger partial charge in [0.15, 0.2) is 0 Å². The van der Waals surface area contributed by atoms with Crippen LogP contribution in [0.4, 0.5) is 5.69 Å². The number of fused-ring (bicyclic) bond motifs is 1. The molecular formula is C17H18ClN3O. The van der Waals surface area contributed by atoms with Crippen LogP contribution in [0, 0.1) is 0 Å². The van der Waals surface area contributed by atoms with E-state index in [1.807, 2.05) is 24.3 Å². The summed E-state index contributed by atoms with van der Waals surface area (Å²) < 4.78 is 0. The lowest BCUT2D eigenvalue weighted by molar-refractivity contribution is 0.477. The average Bonchev–Trinajstić information content (AvgIpc) is 2.91. The zero-order chi connectivity index (χ0) is 15.7. The number of nitrogens with one attached hydrogen (secondary N) is 1. The van der Waals surface area contributed by atoms with Gasteiger partial charge < -0.3 is 15.0 Å². The van der Waals surface area contributed by atoms with Gasteiger partial charge in [-0.2, -0.15) is 0 Å². The highest BCUT2D eigenvalue weighted by Gasteiger charge is 2.12. The summed E-state index contributed by atoms with van der Waals surface area (Å²) in [5.74, 6) is 0.857. The topological polar surface area (TPSA) is 52.2 Å². The highest BCUT2D eigenvalue weighted by atomic mass is 35.5. The SMILES string of the molecule is CCN(CC)c1ccc(-c2nc3ccc(Cl)cc3[nH]2)c(O)c1. The monoisotopic (exact) mass is 315 g/mol. The van der Waals surface area contributed by atoms with E-state index in [2.05, 4.69) is 28.7 Å². The normalized spacial score (nSPS) is 11.0. The fraction of sp³-hybridized carbons (Fsp3) is 0.235. The summed E-state index contributed by atoms with van der Waals surface area (Å²) in [6, 6.07) is 11.2. The van der Waals surface area contributed by atoms with Crippen molar-refractivity contribution < 1.29 is 5.11 Å². The number of hydrogen-bond donors (Lipinski definition) is 2. The molecule has 3 rings (SSSR count). The Morgan fingerprint density at radius 3 is 2.59 bits per heavy atom. The van der Waals surface area contributed by atoms with Crippen molar-refractivity contribution in [3.63, 3.8) is 0 Å². The summed E-state index contributed by atoms with van der Waals surface area (Å²) in [7, 11) is 0. The molecule has 1 aromatic heterocycles. The third-order valence-electron chi connectivity index (χ3n) is 3.81. The molecule has 114 valence electrons. The molecule has 0 saturated heterocycles. The average molecular weight is 316 g/mol. The summed E-state index contributed by atoms with van der Waals surface area (Å²) in [5.41, 5.74) is 3.37. The minimum absolute atomic E-state index is 0.217. The number of aromatic nitrogens is 2. The molecule has 2 aromatic carbocycles. The van der Waals surface area contributed by atoms with E-state index >= 15 is 0 Å². The Balaban J connectivity index is 2.03. The Kier molecular flexibility index (Phi) is 3.94. The van der Waals surface area contributed by atoms with E-state index in [4.69, 9.17) is 11.6 Å². The molecular weight excluding hydrogens is 298 g/mol. The van der Waals surface area contributed by atoms with Crippen molar-refractivity contribution in [3.05, 3.63) is 41.4 Å². The van der Waals surface area contributed by atoms with Crippen LogP contribution in [0.3, 0.4) is 0 Å². The fourth-order valence-corrected chi connectivity index (χ4v) is 2.79. The molecule has 22 heavy (non-hydrogen) atoms. The maximum Gasteiger partial charge on any atom is 0.142 e. The maximum absolute atomic E-state index is 10.4. The van der Waals surface area contributed by atoms with Gasteiger partial charge in [-0.15, -0.1) is 0 Å². The lowest BCUT2D eigenvalue weighted by Gasteiger charge is -2.21. The second-order valence-corrected chi connectivity index (χ2v) is 5.56. The molecule has 5 heteroatoms. The Bertz CT molecular complexity index is 809. The number of anilines is 1. The molecule has 3 aromatic rings. The van der Waals surface area contributed by atoms with Crippen LogP contribution in [-0.2, 0) is 0 Å². The summed E-state index contributed by atoms with van der Waals surface area (Å²) in [5, 5.41) is 11.0. The van der Waals surface area contributed by atoms with Crippen LogP contribution in [0.15, 0.2) is 36.4 Å². The van der Waals surface area contributed by atoms with Crippen LogP contribution in [0.1, 0.15) is 13.8 Å². The van der Waals surface area contributed by atoms with E-state index in [-0.39, 0.29) is 5.75 Å². The number of imidazole rings is 1. The van der Waals surface area contributed by atoms with Gasteiger partial charge in [-0.3, -0.25) is 0 Å². The number of nitrogens with zero attached hydrogens (tertiary/aromatic N) is 2. The minimum Gasteiger partial charge on any atom is -0.507 e. The van der Waals surface area contributed by atoms with Gasteiger partial charge in [0, 0.05) is 29.9 Å². The van der Waals surface area contributed by atoms with Crippen molar-refractivity contribution in [1.82, 2.24) is 9.97 Å². The van der Waals surface area contributed by atoms with Crippen molar-refractivity contribution in [1.29, 1.82) is 0 Å². The van der Waals surface area contributed by atoms with Gasteiger partial charge in [-0.1, -0.05) is 11.6 Å². The van der Waals surface area contributed by atoms with Gasteiger partial charge >= 0.3 is 0 Å². The second kappa shape index (κ2) is 5.89. The molecule has 0 amide bonds. The van der Waals surface area contributed by atoms with E-state index in [1.165, 1.54) is 0 Å². The van der Waals surface area contributed by atoms with Gasteiger partial charge in [0.1, 0.15) is 11.6 Å². The molecule has 0 aliphatic heterocycles. The second-order valence-electron chi connectivity index (χ2n) is 5.12. The van der Waals surface area contributed by atoms with Crippen LogP contribution < -0.4 is 4.90 Å². The number of phenols is 1. The first kappa shape index (κ1) is 14.7. The Morgan fingerprint density at radius 2 is 1.91 bits per heavy atom. The van der Waals surface area contributed by atoms with Gasteiger partial charge in [0.25, 0.3) is 0 Å². The van der Waals surface area contributed by atoms with Gasteiger partial charge in [-0.25, -0.2) is 4.98 Å². The zero-order valence-electron chi connectivity index (χ0n) is 12.6. The van der Waals surface area contributed by atoms with E-state index < -0.39 is 0 Å². The fourth-order valence-electron chi connectivity index (χ4n) is 2.62. The highest BCUT2D eigenvalue weighted by Crippen LogP contribution is 2.32. The van der Waals surface area contributed by atoms with Crippen molar-refractivity contribution in [2.24, 2.45) is 0 Å². The predicted octanol–water partition coefficient (Wildman–Crippen LogP) is 4.44. The van der Waals surface area contributed by atoms with Gasteiger partial charge in [0.05, 0.1) is 16.6 Å². The molecule has 0 unspecified atom stereocenters. The predicted molar refractivity (Wildman–Crippen MR) is 91.8 cm³/mol. The third kappa shape index (κ3) is 2.62. The number of aromatic amines is 1. The summed E-state index contributed by atoms with van der Waals surface area (Å²) in [6.45, 7) is 5.99. The van der Waals surface area contributed by atoms with E-state index in [9.17, 15) is 5.11 Å². The van der Waals surface area contributed by atoms with Crippen molar-refractivity contribution in [2.45, 2.75) is 13.8 Å². The van der Waals surface area contributed by atoms with E-state index in [1.54, 1.807) is 12.1 Å². The first-order valence-electron chi connectivity index (χ1n) is 7.36. The Morgan fingerprint density at radius 1 is 1.14 bits per heavy atom. The van der Waals surface area contributed by atoms with Crippen LogP contribution in [0.25, 0.3) is 22.4 Å². The molecule has 0 radical (unpaired) electrons. The molecule has 0 spiro atoms. The number of rotatable bonds is 4. The molecule has 1 heterocycles. The molecule has 0 bridgehead atoms. The highest BCUT2D eigenvalue weighted by molar-refractivity contribution is 6.31. The first-order valence-corrected chi connectivity index (χ1v) is 7.73. The Labute approximate surface area is 134 Å². The minimum atomic E-state index is 0.217. The van der Waals surface area contributed by atoms with Crippen molar-refractivity contribution in [2.75, 3.05) is 18.0 Å². The maximum atomic E-state index is 10.4. The quantitative estimate of drug-likeness (QED) is 0.748. The zero-order valence-corrected chi connectivity index (χ0v) is 13.4. The summed E-state index contributed by atoms with van der Waals surface area (Å²) in [4.78, 5) is 9.90. The lowest BCUT2D eigenvalue weighted by atomic mass is 10.1. The molecule has 4 nitrogen and oxygen atoms in total. The van der Waals surface area contributed by atoms with Crippen LogP contribution in [0.5, 0.6) is 5.75 Å². The molecule has 0 fully saturated rings. The van der Waals surface area contributed by atoms with Gasteiger partial charge in [-0.05, 0) is 44.2 Å². The van der Waals surface area contributed by atoms with Gasteiger partial charge in [0.2, 0.25) is 0 Å². The number of H-pyrrole nitrogens is 1. The molecule has 0 aliphatic carbocycles. The van der Waals surface area contributed by atoms with Crippen molar-refractivity contribution in [3.8, 4) is 17.1 Å². The van der Waals surface area contributed by atoms with Crippen LogP contribution >= 0.6 is 11.6 Å². The number of hydrogen-bond acceptors (Lipinski definition) is 3. The summed E-state index contributed by atoms with van der Waals surface area (Å²) >= 11 is 5.99. The smallest absolute Gasteiger partial charge is 0.142 e. The standard InChI is InChI=1S/C17H18ClN3O/c1-3-21(4-2)12-6-7-13(16(22)10-12)17-19-14-8-5-11(18)9-15(14)20-17/h5-10,22H,3-4H2,1-2H3,(H,19,20). The van der Waals surface area contributed by atoms with E-state index in [0.29, 0.717) is 16.4 Å². The summed E-state index contributed by atoms with van der Waals surface area (Å²) in [6.07, 6.45) is 0. The molecule has 0 saturated carbocycles. The third-order valence-corrected chi connectivity index (χ3v) is 4.04. The van der Waals surface area contributed by atoms with Crippen LogP contribution in [0.2, 0.25) is 5.02 Å². The number of aromatic hydroxyl groups is 1. The number of halogens is 1. The number of benzene rings is 2. The molecule has 0 aliphatic rings. The number of phenolic OH excluding ortho intramolecular Hbond substituents is 1.